The molecule has 1 rings (SSSR count). The average Bonchev–Trinajstić information content (AvgIpc) is 1.95. The number of alkyl halides is 1. The Morgan fingerprint density at radius 1 is 1.20 bits per heavy atom. The molecule has 0 atom stereocenters. The van der Waals surface area contributed by atoms with Crippen molar-refractivity contribution in [2.24, 2.45) is 0 Å². The predicted octanol–water partition coefficient (Wildman–Crippen LogP) is 1.75. The lowest BCUT2D eigenvalue weighted by Gasteiger charge is -2.00. The van der Waals surface area contributed by atoms with Crippen LogP contribution in [0.25, 0.3) is 0 Å². The Balaban J connectivity index is 3.04. The highest BCUT2D eigenvalue weighted by atomic mass is 79.9. The molecule has 0 amide bonds. The highest BCUT2D eigenvalue weighted by molar-refractivity contribution is 9.08. The molecule has 0 unspecified atom stereocenters. The van der Waals surface area contributed by atoms with Gasteiger partial charge < -0.3 is 11.5 Å². The number of halogens is 1. The fourth-order valence-corrected chi connectivity index (χ4v) is 1.06. The molecular weight excluding hydrogens is 192 g/mol. The topological polar surface area (TPSA) is 52.0 Å². The second-order valence-electron chi connectivity index (χ2n) is 2.10. The van der Waals surface area contributed by atoms with Crippen LogP contribution in [-0.2, 0) is 5.33 Å². The summed E-state index contributed by atoms with van der Waals surface area (Å²) >= 11 is 3.32. The quantitative estimate of drug-likeness (QED) is 0.537. The Morgan fingerprint density at radius 2 is 1.90 bits per heavy atom. The third-order valence-electron chi connectivity index (χ3n) is 1.31. The molecule has 0 bridgehead atoms. The van der Waals surface area contributed by atoms with Crippen molar-refractivity contribution >= 4 is 27.3 Å². The SMILES string of the molecule is Nc1ccc(CBr)cc1N. The Bertz CT molecular complexity index is 235. The first-order valence-electron chi connectivity index (χ1n) is 2.94. The minimum atomic E-state index is 0.643. The summed E-state index contributed by atoms with van der Waals surface area (Å²) in [5.41, 5.74) is 13.5. The van der Waals surface area contributed by atoms with E-state index in [0.717, 1.165) is 10.9 Å². The maximum Gasteiger partial charge on any atom is 0.0550 e. The van der Waals surface area contributed by atoms with Gasteiger partial charge in [-0.2, -0.15) is 0 Å². The zero-order valence-corrected chi connectivity index (χ0v) is 7.06. The molecule has 10 heavy (non-hydrogen) atoms. The number of nitrogens with two attached hydrogens (primary N) is 2. The fraction of sp³-hybridized carbons (Fsp3) is 0.143. The molecule has 0 aliphatic heterocycles. The first-order valence-corrected chi connectivity index (χ1v) is 4.06. The maximum absolute atomic E-state index is 5.55. The largest absolute Gasteiger partial charge is 0.397 e. The van der Waals surface area contributed by atoms with Crippen LogP contribution in [0.15, 0.2) is 18.2 Å². The lowest BCUT2D eigenvalue weighted by Crippen LogP contribution is -1.94. The van der Waals surface area contributed by atoms with Gasteiger partial charge in [-0.3, -0.25) is 0 Å². The van der Waals surface area contributed by atoms with E-state index in [9.17, 15) is 0 Å². The summed E-state index contributed by atoms with van der Waals surface area (Å²) in [6, 6.07) is 5.62. The number of rotatable bonds is 1. The normalized spacial score (nSPS) is 9.70. The van der Waals surface area contributed by atoms with Gasteiger partial charge in [0.15, 0.2) is 0 Å². The first-order chi connectivity index (χ1) is 4.74. The number of hydrogen-bond acceptors (Lipinski definition) is 2. The third kappa shape index (κ3) is 1.42. The molecule has 0 radical (unpaired) electrons. The van der Waals surface area contributed by atoms with Crippen LogP contribution in [0.2, 0.25) is 0 Å². The van der Waals surface area contributed by atoms with Crippen LogP contribution < -0.4 is 11.5 Å². The second-order valence-corrected chi connectivity index (χ2v) is 2.66. The number of nitrogen functional groups attached to an aromatic ring is 2. The molecule has 0 aliphatic carbocycles. The summed E-state index contributed by atoms with van der Waals surface area (Å²) in [6.07, 6.45) is 0. The van der Waals surface area contributed by atoms with Gasteiger partial charge in [-0.25, -0.2) is 0 Å². The van der Waals surface area contributed by atoms with Crippen LogP contribution in [-0.4, -0.2) is 0 Å². The number of anilines is 2. The molecule has 1 aromatic carbocycles. The molecule has 54 valence electrons. The van der Waals surface area contributed by atoms with Gasteiger partial charge in [-0.15, -0.1) is 0 Å². The second kappa shape index (κ2) is 2.92. The summed E-state index contributed by atoms with van der Waals surface area (Å²) in [4.78, 5) is 0. The van der Waals surface area contributed by atoms with Gasteiger partial charge in [-0.05, 0) is 17.7 Å². The van der Waals surface area contributed by atoms with Crippen LogP contribution in [0.1, 0.15) is 5.56 Å². The van der Waals surface area contributed by atoms with E-state index in [1.54, 1.807) is 0 Å². The van der Waals surface area contributed by atoms with Crippen LogP contribution in [0, 0.1) is 0 Å². The Labute approximate surface area is 68.3 Å². The van der Waals surface area contributed by atoms with Gasteiger partial charge in [0.1, 0.15) is 0 Å². The Morgan fingerprint density at radius 3 is 2.40 bits per heavy atom. The smallest absolute Gasteiger partial charge is 0.0550 e. The molecule has 0 aromatic heterocycles. The van der Waals surface area contributed by atoms with Crippen molar-refractivity contribution in [3.63, 3.8) is 0 Å². The molecule has 0 saturated heterocycles. The zero-order chi connectivity index (χ0) is 7.56. The van der Waals surface area contributed by atoms with E-state index >= 15 is 0 Å². The summed E-state index contributed by atoms with van der Waals surface area (Å²) < 4.78 is 0. The van der Waals surface area contributed by atoms with Crippen molar-refractivity contribution in [2.75, 3.05) is 11.5 Å². The van der Waals surface area contributed by atoms with E-state index in [1.807, 2.05) is 18.2 Å². The van der Waals surface area contributed by atoms with Crippen molar-refractivity contribution in [3.05, 3.63) is 23.8 Å². The van der Waals surface area contributed by atoms with E-state index in [-0.39, 0.29) is 0 Å². The highest BCUT2D eigenvalue weighted by Crippen LogP contribution is 2.17. The molecular formula is C7H9BrN2. The molecule has 0 heterocycles. The van der Waals surface area contributed by atoms with Crippen LogP contribution >= 0.6 is 15.9 Å². The van der Waals surface area contributed by atoms with Crippen LogP contribution in [0.3, 0.4) is 0 Å². The molecule has 0 fully saturated rings. The van der Waals surface area contributed by atoms with E-state index in [0.29, 0.717) is 11.4 Å². The van der Waals surface area contributed by atoms with Crippen molar-refractivity contribution in [3.8, 4) is 0 Å². The maximum atomic E-state index is 5.55. The van der Waals surface area contributed by atoms with E-state index in [4.69, 9.17) is 11.5 Å². The molecule has 0 spiro atoms. The Hall–Kier alpha value is -0.700. The van der Waals surface area contributed by atoms with Crippen molar-refractivity contribution < 1.29 is 0 Å². The number of hydrogen-bond donors (Lipinski definition) is 2. The van der Waals surface area contributed by atoms with Gasteiger partial charge in [-0.1, -0.05) is 22.0 Å². The molecule has 4 N–H and O–H groups in total. The molecule has 1 aromatic rings. The summed E-state index contributed by atoms with van der Waals surface area (Å²) in [7, 11) is 0. The van der Waals surface area contributed by atoms with Crippen LogP contribution in [0.5, 0.6) is 0 Å². The minimum absolute atomic E-state index is 0.643. The average molecular weight is 201 g/mol. The van der Waals surface area contributed by atoms with Crippen molar-refractivity contribution in [1.82, 2.24) is 0 Å². The molecule has 2 nitrogen and oxygen atoms in total. The third-order valence-corrected chi connectivity index (χ3v) is 1.95. The molecule has 3 heteroatoms. The van der Waals surface area contributed by atoms with Gasteiger partial charge in [0.25, 0.3) is 0 Å². The van der Waals surface area contributed by atoms with Crippen LogP contribution in [0.4, 0.5) is 11.4 Å². The lowest BCUT2D eigenvalue weighted by atomic mass is 10.2. The Kier molecular flexibility index (Phi) is 2.17. The zero-order valence-electron chi connectivity index (χ0n) is 5.47. The fourth-order valence-electron chi connectivity index (χ4n) is 0.707. The first kappa shape index (κ1) is 7.41. The molecule has 0 saturated carbocycles. The summed E-state index contributed by atoms with van der Waals surface area (Å²) in [6.45, 7) is 0. The molecule has 0 aliphatic rings. The van der Waals surface area contributed by atoms with E-state index in [2.05, 4.69) is 15.9 Å². The minimum Gasteiger partial charge on any atom is -0.397 e. The van der Waals surface area contributed by atoms with Crippen molar-refractivity contribution in [2.45, 2.75) is 5.33 Å². The lowest BCUT2D eigenvalue weighted by molar-refractivity contribution is 1.44. The monoisotopic (exact) mass is 200 g/mol. The van der Waals surface area contributed by atoms with E-state index in [1.165, 1.54) is 0 Å². The van der Waals surface area contributed by atoms with Gasteiger partial charge >= 0.3 is 0 Å². The van der Waals surface area contributed by atoms with E-state index < -0.39 is 0 Å². The standard InChI is InChI=1S/C7H9BrN2/c8-4-5-1-2-6(9)7(10)3-5/h1-3H,4,9-10H2. The van der Waals surface area contributed by atoms with Gasteiger partial charge in [0.2, 0.25) is 0 Å². The summed E-state index contributed by atoms with van der Waals surface area (Å²) in [5, 5.41) is 0.817. The summed E-state index contributed by atoms with van der Waals surface area (Å²) in [5.74, 6) is 0. The number of benzene rings is 1. The van der Waals surface area contributed by atoms with Gasteiger partial charge in [0, 0.05) is 5.33 Å². The van der Waals surface area contributed by atoms with Gasteiger partial charge in [0.05, 0.1) is 11.4 Å². The highest BCUT2D eigenvalue weighted by Gasteiger charge is 1.94. The van der Waals surface area contributed by atoms with Crippen molar-refractivity contribution in [1.29, 1.82) is 0 Å². The predicted molar refractivity (Wildman–Crippen MR) is 47.9 cm³/mol.